The van der Waals surface area contributed by atoms with E-state index in [2.05, 4.69) is 10.5 Å². The minimum atomic E-state index is -0.262. The second-order valence-electron chi connectivity index (χ2n) is 5.25. The molecule has 1 heterocycles. The Morgan fingerprint density at radius 2 is 1.90 bits per heavy atom. The third kappa shape index (κ3) is 2.65. The fourth-order valence-corrected chi connectivity index (χ4v) is 2.19. The molecule has 0 aliphatic carbocycles. The van der Waals surface area contributed by atoms with Crippen molar-refractivity contribution < 1.29 is 9.32 Å². The van der Waals surface area contributed by atoms with Crippen molar-refractivity contribution in [1.29, 1.82) is 0 Å². The lowest BCUT2D eigenvalue weighted by molar-refractivity contribution is 0.101. The van der Waals surface area contributed by atoms with E-state index in [0.717, 1.165) is 16.5 Å². The number of aromatic nitrogens is 1. The van der Waals surface area contributed by atoms with E-state index in [0.29, 0.717) is 11.5 Å². The van der Waals surface area contributed by atoms with Gasteiger partial charge in [-0.05, 0) is 11.5 Å². The van der Waals surface area contributed by atoms with E-state index in [-0.39, 0.29) is 11.8 Å². The maximum Gasteiger partial charge on any atom is 0.277 e. The highest BCUT2D eigenvalue weighted by Gasteiger charge is 2.15. The maximum atomic E-state index is 12.3. The summed E-state index contributed by atoms with van der Waals surface area (Å²) in [5.74, 6) is 0.650. The minimum absolute atomic E-state index is 0.205. The summed E-state index contributed by atoms with van der Waals surface area (Å²) in [5.41, 5.74) is 1.07. The van der Waals surface area contributed by atoms with E-state index in [1.807, 2.05) is 56.3 Å². The first-order valence-electron chi connectivity index (χ1n) is 6.91. The Balaban J connectivity index is 1.89. The molecule has 3 rings (SSSR count). The van der Waals surface area contributed by atoms with E-state index in [4.69, 9.17) is 4.52 Å². The highest BCUT2D eigenvalue weighted by molar-refractivity contribution is 6.08. The number of amides is 1. The molecule has 106 valence electrons. The predicted molar refractivity (Wildman–Crippen MR) is 82.5 cm³/mol. The molecule has 1 aromatic heterocycles. The number of fused-ring (bicyclic) bond motifs is 1. The number of anilines is 1. The zero-order valence-corrected chi connectivity index (χ0v) is 12.0. The van der Waals surface area contributed by atoms with Crippen molar-refractivity contribution in [3.8, 4) is 0 Å². The van der Waals surface area contributed by atoms with Crippen LogP contribution in [0.2, 0.25) is 0 Å². The van der Waals surface area contributed by atoms with Crippen LogP contribution >= 0.6 is 0 Å². The van der Waals surface area contributed by atoms with Gasteiger partial charge in [-0.2, -0.15) is 0 Å². The van der Waals surface area contributed by atoms with E-state index in [9.17, 15) is 4.79 Å². The van der Waals surface area contributed by atoms with Gasteiger partial charge in [0.05, 0.1) is 0 Å². The molecule has 0 radical (unpaired) electrons. The number of nitrogens with one attached hydrogen (secondary N) is 1. The Labute approximate surface area is 122 Å². The van der Waals surface area contributed by atoms with Crippen LogP contribution in [0, 0.1) is 0 Å². The lowest BCUT2D eigenvalue weighted by Gasteiger charge is -2.07. The second-order valence-corrected chi connectivity index (χ2v) is 5.25. The predicted octanol–water partition coefficient (Wildman–Crippen LogP) is 4.20. The molecular weight excluding hydrogens is 264 g/mol. The topological polar surface area (TPSA) is 55.1 Å². The molecule has 0 saturated heterocycles. The van der Waals surface area contributed by atoms with Gasteiger partial charge in [-0.15, -0.1) is 0 Å². The van der Waals surface area contributed by atoms with Crippen molar-refractivity contribution in [3.63, 3.8) is 0 Å². The molecule has 0 unspecified atom stereocenters. The smallest absolute Gasteiger partial charge is 0.277 e. The van der Waals surface area contributed by atoms with Crippen molar-refractivity contribution in [1.82, 2.24) is 5.16 Å². The highest BCUT2D eigenvalue weighted by atomic mass is 16.5. The minimum Gasteiger partial charge on any atom is -0.360 e. The Morgan fingerprint density at radius 3 is 2.67 bits per heavy atom. The van der Waals surface area contributed by atoms with Crippen LogP contribution in [0.15, 0.2) is 53.1 Å². The van der Waals surface area contributed by atoms with E-state index in [1.54, 1.807) is 6.07 Å². The summed E-state index contributed by atoms with van der Waals surface area (Å²) in [5, 5.41) is 8.80. The van der Waals surface area contributed by atoms with Crippen LogP contribution < -0.4 is 5.32 Å². The van der Waals surface area contributed by atoms with Crippen molar-refractivity contribution in [3.05, 3.63) is 60.0 Å². The first-order chi connectivity index (χ1) is 10.1. The first kappa shape index (κ1) is 13.4. The van der Waals surface area contributed by atoms with Crippen LogP contribution in [-0.2, 0) is 0 Å². The van der Waals surface area contributed by atoms with Gasteiger partial charge in [0.1, 0.15) is 5.76 Å². The molecule has 2 aromatic carbocycles. The van der Waals surface area contributed by atoms with Gasteiger partial charge in [0.25, 0.3) is 5.91 Å². The molecule has 4 heteroatoms. The van der Waals surface area contributed by atoms with Gasteiger partial charge < -0.3 is 9.84 Å². The standard InChI is InChI=1S/C17H16N2O2/c1-11(2)16-10-15(19-21-16)17(20)18-14-9-5-7-12-6-3-4-8-13(12)14/h3-11H,1-2H3,(H,18,20). The summed E-state index contributed by atoms with van der Waals surface area (Å²) in [6.07, 6.45) is 0. The quantitative estimate of drug-likeness (QED) is 0.782. The van der Waals surface area contributed by atoms with Gasteiger partial charge in [0, 0.05) is 23.1 Å². The van der Waals surface area contributed by atoms with Crippen molar-refractivity contribution in [2.75, 3.05) is 5.32 Å². The average Bonchev–Trinajstić information content (AvgIpc) is 2.98. The summed E-state index contributed by atoms with van der Waals surface area (Å²) >= 11 is 0. The largest absolute Gasteiger partial charge is 0.360 e. The van der Waals surface area contributed by atoms with Crippen LogP contribution in [0.1, 0.15) is 36.0 Å². The molecule has 0 aliphatic heterocycles. The molecule has 0 bridgehead atoms. The van der Waals surface area contributed by atoms with E-state index < -0.39 is 0 Å². The third-order valence-electron chi connectivity index (χ3n) is 3.37. The lowest BCUT2D eigenvalue weighted by Crippen LogP contribution is -2.12. The highest BCUT2D eigenvalue weighted by Crippen LogP contribution is 2.23. The number of nitrogens with zero attached hydrogens (tertiary/aromatic N) is 1. The fraction of sp³-hybridized carbons (Fsp3) is 0.176. The molecule has 1 amide bonds. The molecule has 0 saturated carbocycles. The zero-order valence-electron chi connectivity index (χ0n) is 12.0. The molecule has 0 aliphatic rings. The molecule has 1 N–H and O–H groups in total. The summed E-state index contributed by atoms with van der Waals surface area (Å²) < 4.78 is 5.16. The summed E-state index contributed by atoms with van der Waals surface area (Å²) in [6, 6.07) is 15.4. The number of rotatable bonds is 3. The Bertz CT molecular complexity index is 785. The summed E-state index contributed by atoms with van der Waals surface area (Å²) in [7, 11) is 0. The Kier molecular flexibility index (Phi) is 3.44. The van der Waals surface area contributed by atoms with Crippen LogP contribution in [-0.4, -0.2) is 11.1 Å². The monoisotopic (exact) mass is 280 g/mol. The average molecular weight is 280 g/mol. The van der Waals surface area contributed by atoms with E-state index >= 15 is 0 Å². The summed E-state index contributed by atoms with van der Waals surface area (Å²) in [6.45, 7) is 3.99. The van der Waals surface area contributed by atoms with Crippen LogP contribution in [0.5, 0.6) is 0 Å². The van der Waals surface area contributed by atoms with Gasteiger partial charge in [-0.3, -0.25) is 4.79 Å². The lowest BCUT2D eigenvalue weighted by atomic mass is 10.1. The van der Waals surface area contributed by atoms with Crippen LogP contribution in [0.3, 0.4) is 0 Å². The third-order valence-corrected chi connectivity index (χ3v) is 3.37. The number of hydrogen-bond acceptors (Lipinski definition) is 3. The Hall–Kier alpha value is -2.62. The molecule has 3 aromatic rings. The maximum absolute atomic E-state index is 12.3. The number of benzene rings is 2. The van der Waals surface area contributed by atoms with Crippen molar-refractivity contribution in [2.24, 2.45) is 0 Å². The zero-order chi connectivity index (χ0) is 14.8. The van der Waals surface area contributed by atoms with Gasteiger partial charge in [0.15, 0.2) is 5.69 Å². The number of carbonyl (C=O) groups excluding carboxylic acids is 1. The van der Waals surface area contributed by atoms with Crippen molar-refractivity contribution >= 4 is 22.4 Å². The molecule has 0 spiro atoms. The van der Waals surface area contributed by atoms with Crippen LogP contribution in [0.25, 0.3) is 10.8 Å². The van der Waals surface area contributed by atoms with Crippen molar-refractivity contribution in [2.45, 2.75) is 19.8 Å². The van der Waals surface area contributed by atoms with Crippen LogP contribution in [0.4, 0.5) is 5.69 Å². The SMILES string of the molecule is CC(C)c1cc(C(=O)Nc2cccc3ccccc23)no1. The number of hydrogen-bond donors (Lipinski definition) is 1. The second kappa shape index (κ2) is 5.40. The number of carbonyl (C=O) groups is 1. The molecular formula is C17H16N2O2. The molecule has 0 fully saturated rings. The van der Waals surface area contributed by atoms with Gasteiger partial charge in [-0.1, -0.05) is 55.4 Å². The van der Waals surface area contributed by atoms with E-state index in [1.165, 1.54) is 0 Å². The van der Waals surface area contributed by atoms with Gasteiger partial charge in [-0.25, -0.2) is 0 Å². The normalized spacial score (nSPS) is 11.0. The molecule has 0 atom stereocenters. The first-order valence-corrected chi connectivity index (χ1v) is 6.91. The summed E-state index contributed by atoms with van der Waals surface area (Å²) in [4.78, 5) is 12.3. The van der Waals surface area contributed by atoms with Gasteiger partial charge in [0.2, 0.25) is 0 Å². The fourth-order valence-electron chi connectivity index (χ4n) is 2.19. The molecule has 21 heavy (non-hydrogen) atoms. The molecule has 4 nitrogen and oxygen atoms in total. The Morgan fingerprint density at radius 1 is 1.14 bits per heavy atom. The van der Waals surface area contributed by atoms with Gasteiger partial charge >= 0.3 is 0 Å².